The van der Waals surface area contributed by atoms with Gasteiger partial charge in [-0.1, -0.05) is 0 Å². The van der Waals surface area contributed by atoms with Gasteiger partial charge in [-0.25, -0.2) is 4.68 Å². The van der Waals surface area contributed by atoms with Crippen LogP contribution in [0.25, 0.3) is 0 Å². The summed E-state index contributed by atoms with van der Waals surface area (Å²) in [6.07, 6.45) is 0.917. The Labute approximate surface area is 111 Å². The van der Waals surface area contributed by atoms with Gasteiger partial charge < -0.3 is 10.6 Å². The van der Waals surface area contributed by atoms with Crippen LogP contribution in [-0.2, 0) is 11.2 Å². The average Bonchev–Trinajstić information content (AvgIpc) is 2.63. The van der Waals surface area contributed by atoms with Gasteiger partial charge in [-0.05, 0) is 33.9 Å². The number of alkyl halides is 2. The molecule has 108 valence electrons. The van der Waals surface area contributed by atoms with Crippen LogP contribution in [0.15, 0.2) is 0 Å². The van der Waals surface area contributed by atoms with E-state index in [1.807, 2.05) is 7.05 Å². The maximum atomic E-state index is 12.6. The Morgan fingerprint density at radius 2 is 2.05 bits per heavy atom. The van der Waals surface area contributed by atoms with E-state index in [0.717, 1.165) is 13.0 Å². The lowest BCUT2D eigenvalue weighted by atomic mass is 10.1. The van der Waals surface area contributed by atoms with E-state index in [1.54, 1.807) is 13.8 Å². The number of aromatic nitrogens is 2. The van der Waals surface area contributed by atoms with E-state index < -0.39 is 6.55 Å². The number of hydrogen-bond donors (Lipinski definition) is 2. The maximum Gasteiger partial charge on any atom is 0.333 e. The van der Waals surface area contributed by atoms with Crippen molar-refractivity contribution in [2.24, 2.45) is 0 Å². The van der Waals surface area contributed by atoms with Crippen LogP contribution < -0.4 is 10.6 Å². The molecule has 0 aliphatic heterocycles. The molecule has 0 bridgehead atoms. The Morgan fingerprint density at radius 3 is 2.58 bits per heavy atom. The van der Waals surface area contributed by atoms with E-state index in [0.29, 0.717) is 28.2 Å². The van der Waals surface area contributed by atoms with Crippen molar-refractivity contribution >= 4 is 5.91 Å². The highest BCUT2D eigenvalue weighted by molar-refractivity contribution is 5.79. The first-order valence-corrected chi connectivity index (χ1v) is 6.21. The highest BCUT2D eigenvalue weighted by Gasteiger charge is 2.18. The molecule has 0 saturated heterocycles. The van der Waals surface area contributed by atoms with Gasteiger partial charge in [-0.15, -0.1) is 0 Å². The monoisotopic (exact) mass is 274 g/mol. The number of aryl methyl sites for hydroxylation is 1. The third kappa shape index (κ3) is 4.27. The number of nitrogens with zero attached hydrogens (tertiary/aromatic N) is 2. The molecule has 0 aromatic carbocycles. The van der Waals surface area contributed by atoms with Crippen molar-refractivity contribution in [1.82, 2.24) is 20.4 Å². The maximum absolute atomic E-state index is 12.6. The van der Waals surface area contributed by atoms with Crippen molar-refractivity contribution < 1.29 is 13.6 Å². The Balaban J connectivity index is 2.59. The molecule has 0 atom stereocenters. The van der Waals surface area contributed by atoms with Crippen molar-refractivity contribution in [3.63, 3.8) is 0 Å². The van der Waals surface area contributed by atoms with Crippen molar-refractivity contribution in [2.45, 2.75) is 33.2 Å². The van der Waals surface area contributed by atoms with E-state index in [9.17, 15) is 13.6 Å². The lowest BCUT2D eigenvalue weighted by Crippen LogP contribution is -2.28. The predicted octanol–water partition coefficient (Wildman–Crippen LogP) is 1.16. The third-order valence-electron chi connectivity index (χ3n) is 2.92. The summed E-state index contributed by atoms with van der Waals surface area (Å²) in [4.78, 5) is 11.7. The summed E-state index contributed by atoms with van der Waals surface area (Å²) in [5.41, 5.74) is 1.40. The molecule has 0 radical (unpaired) electrons. The fourth-order valence-electron chi connectivity index (χ4n) is 1.86. The molecule has 0 spiro atoms. The van der Waals surface area contributed by atoms with Crippen LogP contribution in [0.4, 0.5) is 8.78 Å². The molecule has 19 heavy (non-hydrogen) atoms. The highest BCUT2D eigenvalue weighted by Crippen LogP contribution is 2.19. The Morgan fingerprint density at radius 1 is 1.37 bits per heavy atom. The molecule has 1 amide bonds. The van der Waals surface area contributed by atoms with Crippen LogP contribution in [0.2, 0.25) is 0 Å². The first-order chi connectivity index (χ1) is 8.97. The van der Waals surface area contributed by atoms with Crippen LogP contribution in [0.3, 0.4) is 0 Å². The van der Waals surface area contributed by atoms with Gasteiger partial charge in [0.25, 0.3) is 0 Å². The second kappa shape index (κ2) is 7.18. The first kappa shape index (κ1) is 15.6. The van der Waals surface area contributed by atoms with Crippen LogP contribution in [0.5, 0.6) is 0 Å². The molecule has 1 rings (SSSR count). The van der Waals surface area contributed by atoms with Gasteiger partial charge in [-0.2, -0.15) is 13.9 Å². The van der Waals surface area contributed by atoms with E-state index in [2.05, 4.69) is 15.7 Å². The number of halogens is 2. The molecular weight excluding hydrogens is 254 g/mol. The van der Waals surface area contributed by atoms with Crippen LogP contribution in [-0.4, -0.2) is 35.8 Å². The molecule has 1 heterocycles. The zero-order chi connectivity index (χ0) is 14.4. The molecule has 5 nitrogen and oxygen atoms in total. The van der Waals surface area contributed by atoms with Crippen LogP contribution >= 0.6 is 0 Å². The first-order valence-electron chi connectivity index (χ1n) is 6.21. The summed E-state index contributed by atoms with van der Waals surface area (Å²) in [6, 6.07) is 0. The van der Waals surface area contributed by atoms with Gasteiger partial charge in [0.05, 0.1) is 12.1 Å². The molecule has 1 aromatic heterocycles. The van der Waals surface area contributed by atoms with Crippen LogP contribution in [0, 0.1) is 13.8 Å². The quantitative estimate of drug-likeness (QED) is 0.734. The standard InChI is InChI=1S/C12H20F2N4O/c1-8-10(9(2)18(17-8)12(13)14)7-11(19)16-6-4-5-15-3/h12,15H,4-7H2,1-3H3,(H,16,19). The topological polar surface area (TPSA) is 58.9 Å². The minimum Gasteiger partial charge on any atom is -0.356 e. The van der Waals surface area contributed by atoms with Crippen molar-refractivity contribution in [2.75, 3.05) is 20.1 Å². The third-order valence-corrected chi connectivity index (χ3v) is 2.92. The molecule has 1 aromatic rings. The largest absolute Gasteiger partial charge is 0.356 e. The van der Waals surface area contributed by atoms with E-state index in [4.69, 9.17) is 0 Å². The second-order valence-electron chi connectivity index (χ2n) is 4.36. The lowest BCUT2D eigenvalue weighted by Gasteiger charge is -2.06. The SMILES string of the molecule is CNCCCNC(=O)Cc1c(C)nn(C(F)F)c1C. The Hall–Kier alpha value is -1.50. The summed E-state index contributed by atoms with van der Waals surface area (Å²) in [5.74, 6) is -0.170. The number of hydrogen-bond acceptors (Lipinski definition) is 3. The molecule has 0 saturated carbocycles. The summed E-state index contributed by atoms with van der Waals surface area (Å²) < 4.78 is 25.9. The Kier molecular flexibility index (Phi) is 5.88. The van der Waals surface area contributed by atoms with Gasteiger partial charge in [-0.3, -0.25) is 4.79 Å². The molecule has 7 heteroatoms. The van der Waals surface area contributed by atoms with Crippen molar-refractivity contribution in [3.05, 3.63) is 17.0 Å². The summed E-state index contributed by atoms with van der Waals surface area (Å²) in [7, 11) is 1.84. The van der Waals surface area contributed by atoms with Gasteiger partial charge in [0, 0.05) is 17.8 Å². The number of rotatable bonds is 7. The number of carbonyl (C=O) groups is 1. The van der Waals surface area contributed by atoms with E-state index in [-0.39, 0.29) is 12.3 Å². The molecule has 0 fully saturated rings. The molecule has 2 N–H and O–H groups in total. The molecule has 0 unspecified atom stereocenters. The Bertz CT molecular complexity index is 432. The number of nitrogens with one attached hydrogen (secondary N) is 2. The minimum atomic E-state index is -2.67. The van der Waals surface area contributed by atoms with Crippen LogP contribution in [0.1, 0.15) is 29.9 Å². The summed E-state index contributed by atoms with van der Waals surface area (Å²) in [5, 5.41) is 9.48. The van der Waals surface area contributed by atoms with Gasteiger partial charge in [0.2, 0.25) is 5.91 Å². The molecular formula is C12H20F2N4O. The smallest absolute Gasteiger partial charge is 0.333 e. The van der Waals surface area contributed by atoms with Gasteiger partial charge in [0.1, 0.15) is 0 Å². The number of carbonyl (C=O) groups excluding carboxylic acids is 1. The fourth-order valence-corrected chi connectivity index (χ4v) is 1.86. The molecule has 0 aliphatic rings. The summed E-state index contributed by atoms with van der Waals surface area (Å²) in [6.45, 7) is 1.90. The fraction of sp³-hybridized carbons (Fsp3) is 0.667. The molecule has 0 aliphatic carbocycles. The predicted molar refractivity (Wildman–Crippen MR) is 68.2 cm³/mol. The zero-order valence-electron chi connectivity index (χ0n) is 11.5. The minimum absolute atomic E-state index is 0.0872. The van der Waals surface area contributed by atoms with Crippen molar-refractivity contribution in [3.8, 4) is 0 Å². The number of amides is 1. The summed E-state index contributed by atoms with van der Waals surface area (Å²) >= 11 is 0. The van der Waals surface area contributed by atoms with Crippen molar-refractivity contribution in [1.29, 1.82) is 0 Å². The average molecular weight is 274 g/mol. The normalized spacial score (nSPS) is 11.1. The van der Waals surface area contributed by atoms with Gasteiger partial charge >= 0.3 is 6.55 Å². The van der Waals surface area contributed by atoms with E-state index in [1.165, 1.54) is 0 Å². The zero-order valence-corrected chi connectivity index (χ0v) is 11.5. The second-order valence-corrected chi connectivity index (χ2v) is 4.36. The van der Waals surface area contributed by atoms with E-state index >= 15 is 0 Å². The highest BCUT2D eigenvalue weighted by atomic mass is 19.3. The van der Waals surface area contributed by atoms with Gasteiger partial charge in [0.15, 0.2) is 0 Å². The lowest BCUT2D eigenvalue weighted by molar-refractivity contribution is -0.120.